The first-order chi connectivity index (χ1) is 15.5. The molecule has 1 aliphatic rings. The lowest BCUT2D eigenvalue weighted by atomic mass is 10.0. The number of aromatic nitrogens is 5. The summed E-state index contributed by atoms with van der Waals surface area (Å²) in [5, 5.41) is 7.80. The summed E-state index contributed by atoms with van der Waals surface area (Å²) >= 11 is 0. The maximum Gasteiger partial charge on any atom is 0.231 e. The van der Waals surface area contributed by atoms with Crippen molar-refractivity contribution in [3.8, 4) is 11.1 Å². The van der Waals surface area contributed by atoms with Crippen LogP contribution in [0.25, 0.3) is 27.7 Å². The molecule has 9 heteroatoms. The van der Waals surface area contributed by atoms with Crippen molar-refractivity contribution in [3.05, 3.63) is 48.2 Å². The molecule has 1 amide bonds. The summed E-state index contributed by atoms with van der Waals surface area (Å²) in [6.45, 7) is 3.90. The van der Waals surface area contributed by atoms with Crippen LogP contribution < -0.4 is 5.32 Å². The van der Waals surface area contributed by atoms with Gasteiger partial charge in [0.15, 0.2) is 11.4 Å². The molecule has 8 nitrogen and oxygen atoms in total. The Hall–Kier alpha value is -3.75. The van der Waals surface area contributed by atoms with Gasteiger partial charge in [0, 0.05) is 41.4 Å². The van der Waals surface area contributed by atoms with E-state index in [1.54, 1.807) is 29.0 Å². The van der Waals surface area contributed by atoms with Gasteiger partial charge >= 0.3 is 0 Å². The number of carbonyl (C=O) groups is 2. The predicted octanol–water partition coefficient (Wildman–Crippen LogP) is 3.93. The van der Waals surface area contributed by atoms with Crippen molar-refractivity contribution in [1.29, 1.82) is 0 Å². The van der Waals surface area contributed by atoms with Crippen LogP contribution >= 0.6 is 0 Å². The number of halogens is 1. The van der Waals surface area contributed by atoms with Crippen molar-refractivity contribution in [2.75, 3.05) is 5.32 Å². The average Bonchev–Trinajstić information content (AvgIpc) is 3.30. The quantitative estimate of drug-likeness (QED) is 0.463. The Bertz CT molecular complexity index is 1380. The van der Waals surface area contributed by atoms with Gasteiger partial charge in [0.2, 0.25) is 5.91 Å². The van der Waals surface area contributed by atoms with Crippen LogP contribution in [0.2, 0.25) is 0 Å². The summed E-state index contributed by atoms with van der Waals surface area (Å²) < 4.78 is 14.8. The molecule has 1 N–H and O–H groups in total. The van der Waals surface area contributed by atoms with Crippen LogP contribution in [0.1, 0.15) is 42.2 Å². The van der Waals surface area contributed by atoms with Gasteiger partial charge in [-0.1, -0.05) is 6.92 Å². The molecule has 2 atom stereocenters. The first-order valence-electron chi connectivity index (χ1n) is 10.5. The van der Waals surface area contributed by atoms with E-state index in [1.165, 1.54) is 6.33 Å². The topological polar surface area (TPSA) is 102 Å². The Morgan fingerprint density at radius 3 is 2.69 bits per heavy atom. The zero-order chi connectivity index (χ0) is 22.4. The Labute approximate surface area is 182 Å². The molecule has 0 aliphatic heterocycles. The summed E-state index contributed by atoms with van der Waals surface area (Å²) in [5.74, 6) is -0.598. The Morgan fingerprint density at radius 2 is 1.97 bits per heavy atom. The number of anilines is 1. The van der Waals surface area contributed by atoms with Crippen molar-refractivity contribution in [3.63, 3.8) is 0 Å². The summed E-state index contributed by atoms with van der Waals surface area (Å²) in [7, 11) is 0. The second kappa shape index (κ2) is 7.74. The van der Waals surface area contributed by atoms with Crippen molar-refractivity contribution in [2.45, 2.75) is 39.3 Å². The number of amides is 1. The number of aryl methyl sites for hydroxylation is 1. The highest BCUT2D eigenvalue weighted by atomic mass is 19.1. The highest BCUT2D eigenvalue weighted by Gasteiger charge is 2.43. The molecule has 2 unspecified atom stereocenters. The Kier molecular flexibility index (Phi) is 4.88. The van der Waals surface area contributed by atoms with Crippen LogP contribution in [-0.4, -0.2) is 42.4 Å². The van der Waals surface area contributed by atoms with Crippen molar-refractivity contribution < 1.29 is 14.0 Å². The number of pyridine rings is 3. The fourth-order valence-electron chi connectivity index (χ4n) is 3.84. The predicted molar refractivity (Wildman–Crippen MR) is 117 cm³/mol. The minimum Gasteiger partial charge on any atom is -0.310 e. The fraction of sp³-hybridized carbons (Fsp3) is 0.304. The lowest BCUT2D eigenvalue weighted by Gasteiger charge is -2.11. The molecule has 1 fully saturated rings. The molecule has 1 saturated carbocycles. The number of nitrogens with one attached hydrogen (secondary N) is 1. The van der Waals surface area contributed by atoms with E-state index in [0.717, 1.165) is 28.5 Å². The molecule has 4 aromatic rings. The van der Waals surface area contributed by atoms with Gasteiger partial charge < -0.3 is 5.32 Å². The molecule has 32 heavy (non-hydrogen) atoms. The third-order valence-electron chi connectivity index (χ3n) is 5.69. The molecule has 0 saturated heterocycles. The maximum atomic E-state index is 13.2. The largest absolute Gasteiger partial charge is 0.310 e. The minimum atomic E-state index is -1.07. The van der Waals surface area contributed by atoms with Gasteiger partial charge in [-0.25, -0.2) is 18.9 Å². The van der Waals surface area contributed by atoms with Gasteiger partial charge in [0.25, 0.3) is 0 Å². The Balaban J connectivity index is 1.56. The lowest BCUT2D eigenvalue weighted by Crippen LogP contribution is -2.16. The van der Waals surface area contributed by atoms with Crippen LogP contribution in [0.3, 0.4) is 0 Å². The Morgan fingerprint density at radius 1 is 1.16 bits per heavy atom. The molecule has 4 aromatic heterocycles. The molecule has 0 aromatic carbocycles. The van der Waals surface area contributed by atoms with Gasteiger partial charge in [-0.05, 0) is 37.5 Å². The van der Waals surface area contributed by atoms with E-state index in [4.69, 9.17) is 0 Å². The van der Waals surface area contributed by atoms with Crippen LogP contribution in [0.4, 0.5) is 10.2 Å². The zero-order valence-electron chi connectivity index (χ0n) is 17.7. The monoisotopic (exact) mass is 432 g/mol. The summed E-state index contributed by atoms with van der Waals surface area (Å²) in [4.78, 5) is 37.4. The standard InChI is InChI=1S/C23H21FN6O2/c1-3-4-20(31)18-5-12(2)16(10-25-18)14-6-13-9-26-21(29-23(32)15-7-17(15)24)8-19(13)30-22(14)27-11-28-30/h5-6,8-11,15,17H,3-4,7H2,1-2H3,(H,26,29,32). The third kappa shape index (κ3) is 3.49. The molecule has 0 bridgehead atoms. The number of Topliss-reactive ketones (excluding diaryl/α,β-unsaturated/α-hetero) is 1. The SMILES string of the molecule is CCCC(=O)c1cc(C)c(-c2cc3cnc(NC(=O)C4CC4F)cc3n3ncnc23)cn1. The number of hydrogen-bond donors (Lipinski definition) is 1. The van der Waals surface area contributed by atoms with E-state index in [-0.39, 0.29) is 18.1 Å². The molecule has 162 valence electrons. The van der Waals surface area contributed by atoms with Gasteiger partial charge in [-0.3, -0.25) is 14.6 Å². The normalized spacial score (nSPS) is 17.6. The fourth-order valence-corrected chi connectivity index (χ4v) is 3.84. The van der Waals surface area contributed by atoms with E-state index < -0.39 is 12.1 Å². The van der Waals surface area contributed by atoms with Crippen molar-refractivity contribution in [1.82, 2.24) is 24.6 Å². The smallest absolute Gasteiger partial charge is 0.231 e. The van der Waals surface area contributed by atoms with Crippen LogP contribution in [-0.2, 0) is 4.79 Å². The van der Waals surface area contributed by atoms with E-state index in [2.05, 4.69) is 25.4 Å². The maximum absolute atomic E-state index is 13.2. The molecule has 0 spiro atoms. The van der Waals surface area contributed by atoms with E-state index in [1.807, 2.05) is 19.9 Å². The average molecular weight is 432 g/mol. The van der Waals surface area contributed by atoms with Crippen LogP contribution in [0.15, 0.2) is 36.9 Å². The number of carbonyl (C=O) groups excluding carboxylic acids is 2. The number of ketones is 1. The lowest BCUT2D eigenvalue weighted by molar-refractivity contribution is -0.117. The molecular formula is C23H21FN6O2. The van der Waals surface area contributed by atoms with Crippen molar-refractivity contribution in [2.24, 2.45) is 5.92 Å². The molecule has 1 aliphatic carbocycles. The van der Waals surface area contributed by atoms with Gasteiger partial charge in [-0.2, -0.15) is 5.10 Å². The minimum absolute atomic E-state index is 0.0253. The van der Waals surface area contributed by atoms with Crippen LogP contribution in [0.5, 0.6) is 0 Å². The van der Waals surface area contributed by atoms with Gasteiger partial charge in [0.05, 0.1) is 11.4 Å². The summed E-state index contributed by atoms with van der Waals surface area (Å²) in [5.41, 5.74) is 4.35. The second-order valence-corrected chi connectivity index (χ2v) is 8.09. The van der Waals surface area contributed by atoms with Crippen molar-refractivity contribution >= 4 is 34.1 Å². The third-order valence-corrected chi connectivity index (χ3v) is 5.69. The van der Waals surface area contributed by atoms with Crippen LogP contribution in [0, 0.1) is 12.8 Å². The van der Waals surface area contributed by atoms with Gasteiger partial charge in [-0.15, -0.1) is 0 Å². The number of hydrogen-bond acceptors (Lipinski definition) is 6. The van der Waals surface area contributed by atoms with Gasteiger partial charge in [0.1, 0.15) is 24.0 Å². The number of fused-ring (bicyclic) bond motifs is 3. The molecular weight excluding hydrogens is 411 g/mol. The highest BCUT2D eigenvalue weighted by Crippen LogP contribution is 2.35. The molecule has 5 rings (SSSR count). The molecule has 4 heterocycles. The second-order valence-electron chi connectivity index (χ2n) is 8.09. The van der Waals surface area contributed by atoms with E-state index >= 15 is 0 Å². The molecule has 0 radical (unpaired) electrons. The first kappa shape index (κ1) is 20.2. The number of rotatable bonds is 6. The summed E-state index contributed by atoms with van der Waals surface area (Å²) in [6, 6.07) is 5.44. The zero-order valence-corrected chi connectivity index (χ0v) is 17.7. The number of nitrogens with zero attached hydrogens (tertiary/aromatic N) is 5. The first-order valence-corrected chi connectivity index (χ1v) is 10.5. The highest BCUT2D eigenvalue weighted by molar-refractivity contribution is 5.98. The summed E-state index contributed by atoms with van der Waals surface area (Å²) in [6.07, 6.45) is 5.21. The number of alkyl halides is 1. The van der Waals surface area contributed by atoms with E-state index in [9.17, 15) is 14.0 Å². The van der Waals surface area contributed by atoms with E-state index in [0.29, 0.717) is 29.1 Å².